The van der Waals surface area contributed by atoms with Crippen LogP contribution in [-0.2, 0) is 13.1 Å². The van der Waals surface area contributed by atoms with E-state index in [4.69, 9.17) is 9.84 Å². The first kappa shape index (κ1) is 14.5. The van der Waals surface area contributed by atoms with E-state index in [0.29, 0.717) is 6.54 Å². The first-order valence-electron chi connectivity index (χ1n) is 6.07. The SMILES string of the molecule is COc1cccc(CN(C)Cc2csc(C(=O)O)n2)c1. The molecule has 2 aromatic rings. The summed E-state index contributed by atoms with van der Waals surface area (Å²) in [5, 5.41) is 10.8. The van der Waals surface area contributed by atoms with Gasteiger partial charge in [0.2, 0.25) is 5.01 Å². The Hall–Kier alpha value is -1.92. The predicted molar refractivity (Wildman–Crippen MR) is 77.2 cm³/mol. The zero-order chi connectivity index (χ0) is 14.5. The van der Waals surface area contributed by atoms with Crippen molar-refractivity contribution < 1.29 is 14.6 Å². The highest BCUT2D eigenvalue weighted by atomic mass is 32.1. The van der Waals surface area contributed by atoms with E-state index in [0.717, 1.165) is 34.9 Å². The summed E-state index contributed by atoms with van der Waals surface area (Å²) in [5.41, 5.74) is 1.92. The number of carbonyl (C=O) groups is 1. The summed E-state index contributed by atoms with van der Waals surface area (Å²) >= 11 is 1.15. The largest absolute Gasteiger partial charge is 0.497 e. The highest BCUT2D eigenvalue weighted by Gasteiger charge is 2.10. The summed E-state index contributed by atoms with van der Waals surface area (Å²) in [6, 6.07) is 7.87. The number of nitrogens with zero attached hydrogens (tertiary/aromatic N) is 2. The quantitative estimate of drug-likeness (QED) is 0.886. The minimum atomic E-state index is -0.975. The van der Waals surface area contributed by atoms with Crippen LogP contribution in [0.5, 0.6) is 5.75 Å². The number of ether oxygens (including phenoxy) is 1. The van der Waals surface area contributed by atoms with E-state index >= 15 is 0 Å². The van der Waals surface area contributed by atoms with Gasteiger partial charge in [-0.05, 0) is 24.7 Å². The van der Waals surface area contributed by atoms with Crippen molar-refractivity contribution >= 4 is 17.3 Å². The zero-order valence-corrected chi connectivity index (χ0v) is 12.2. The van der Waals surface area contributed by atoms with Crippen LogP contribution in [0.15, 0.2) is 29.6 Å². The normalized spacial score (nSPS) is 10.8. The molecule has 0 spiro atoms. The number of aromatic nitrogens is 1. The molecule has 0 unspecified atom stereocenters. The number of carboxylic acids is 1. The van der Waals surface area contributed by atoms with E-state index in [1.807, 2.05) is 31.3 Å². The van der Waals surface area contributed by atoms with E-state index in [2.05, 4.69) is 9.88 Å². The van der Waals surface area contributed by atoms with Crippen molar-refractivity contribution in [3.05, 3.63) is 45.9 Å². The second-order valence-electron chi connectivity index (χ2n) is 4.47. The predicted octanol–water partition coefficient (Wildman–Crippen LogP) is 2.48. The maximum Gasteiger partial charge on any atom is 0.365 e. The van der Waals surface area contributed by atoms with Crippen LogP contribution in [0.1, 0.15) is 21.1 Å². The van der Waals surface area contributed by atoms with Crippen LogP contribution >= 0.6 is 11.3 Å². The highest BCUT2D eigenvalue weighted by Crippen LogP contribution is 2.16. The van der Waals surface area contributed by atoms with Crippen LogP contribution in [0.3, 0.4) is 0 Å². The Morgan fingerprint density at radius 1 is 1.45 bits per heavy atom. The number of methoxy groups -OCH3 is 1. The van der Waals surface area contributed by atoms with Gasteiger partial charge in [-0.3, -0.25) is 4.90 Å². The molecule has 106 valence electrons. The van der Waals surface area contributed by atoms with Crippen molar-refractivity contribution in [2.45, 2.75) is 13.1 Å². The molecule has 2 rings (SSSR count). The Kier molecular flexibility index (Phi) is 4.70. The molecule has 0 saturated carbocycles. The van der Waals surface area contributed by atoms with Crippen molar-refractivity contribution in [3.8, 4) is 5.75 Å². The topological polar surface area (TPSA) is 62.7 Å². The van der Waals surface area contributed by atoms with Gasteiger partial charge in [-0.25, -0.2) is 9.78 Å². The van der Waals surface area contributed by atoms with Gasteiger partial charge in [-0.1, -0.05) is 12.1 Å². The van der Waals surface area contributed by atoms with Crippen molar-refractivity contribution in [1.82, 2.24) is 9.88 Å². The average molecular weight is 292 g/mol. The molecule has 0 atom stereocenters. The minimum Gasteiger partial charge on any atom is -0.497 e. The van der Waals surface area contributed by atoms with Gasteiger partial charge in [0, 0.05) is 18.5 Å². The zero-order valence-electron chi connectivity index (χ0n) is 11.4. The lowest BCUT2D eigenvalue weighted by Crippen LogP contribution is -2.17. The highest BCUT2D eigenvalue weighted by molar-refractivity contribution is 7.11. The van der Waals surface area contributed by atoms with Gasteiger partial charge in [0.05, 0.1) is 12.8 Å². The maximum absolute atomic E-state index is 10.8. The molecule has 0 fully saturated rings. The summed E-state index contributed by atoms with van der Waals surface area (Å²) in [4.78, 5) is 16.9. The minimum absolute atomic E-state index is 0.134. The fraction of sp³-hybridized carbons (Fsp3) is 0.286. The molecule has 1 aromatic heterocycles. The smallest absolute Gasteiger partial charge is 0.365 e. The second-order valence-corrected chi connectivity index (χ2v) is 5.33. The summed E-state index contributed by atoms with van der Waals surface area (Å²) in [6.45, 7) is 1.36. The number of hydrogen-bond acceptors (Lipinski definition) is 5. The average Bonchev–Trinajstić information content (AvgIpc) is 2.87. The van der Waals surface area contributed by atoms with E-state index in [1.54, 1.807) is 12.5 Å². The van der Waals surface area contributed by atoms with E-state index in [9.17, 15) is 4.79 Å². The molecule has 6 heteroatoms. The number of carboxylic acid groups (broad SMARTS) is 1. The molecule has 0 saturated heterocycles. The number of rotatable bonds is 6. The second kappa shape index (κ2) is 6.49. The van der Waals surface area contributed by atoms with E-state index in [1.165, 1.54) is 0 Å². The van der Waals surface area contributed by atoms with Gasteiger partial charge in [0.1, 0.15) is 5.75 Å². The molecular weight excluding hydrogens is 276 g/mol. The van der Waals surface area contributed by atoms with Crippen molar-refractivity contribution in [3.63, 3.8) is 0 Å². The lowest BCUT2D eigenvalue weighted by molar-refractivity contribution is 0.0696. The molecule has 20 heavy (non-hydrogen) atoms. The van der Waals surface area contributed by atoms with Gasteiger partial charge >= 0.3 is 5.97 Å². The molecule has 0 aliphatic heterocycles. The van der Waals surface area contributed by atoms with Crippen LogP contribution in [0.25, 0.3) is 0 Å². The van der Waals surface area contributed by atoms with Gasteiger partial charge in [0.15, 0.2) is 0 Å². The summed E-state index contributed by atoms with van der Waals surface area (Å²) in [5.74, 6) is -0.144. The number of aromatic carboxylic acids is 1. The molecule has 1 heterocycles. The number of benzene rings is 1. The van der Waals surface area contributed by atoms with Crippen molar-refractivity contribution in [2.75, 3.05) is 14.2 Å². The lowest BCUT2D eigenvalue weighted by atomic mass is 10.2. The first-order chi connectivity index (χ1) is 9.58. The van der Waals surface area contributed by atoms with Crippen LogP contribution in [0.2, 0.25) is 0 Å². The third-order valence-electron chi connectivity index (χ3n) is 2.75. The molecule has 1 N–H and O–H groups in total. The Balaban J connectivity index is 1.97. The van der Waals surface area contributed by atoms with Gasteiger partial charge in [0.25, 0.3) is 0 Å². The fourth-order valence-electron chi connectivity index (χ4n) is 1.89. The van der Waals surface area contributed by atoms with E-state index < -0.39 is 5.97 Å². The fourth-order valence-corrected chi connectivity index (χ4v) is 2.54. The lowest BCUT2D eigenvalue weighted by Gasteiger charge is -2.15. The molecule has 0 bridgehead atoms. The van der Waals surface area contributed by atoms with Crippen LogP contribution in [0.4, 0.5) is 0 Å². The maximum atomic E-state index is 10.8. The third-order valence-corrected chi connectivity index (χ3v) is 3.63. The molecule has 0 amide bonds. The molecule has 5 nitrogen and oxygen atoms in total. The van der Waals surface area contributed by atoms with Crippen molar-refractivity contribution in [2.24, 2.45) is 0 Å². The molecule has 0 aliphatic rings. The Labute approximate surface area is 121 Å². The number of thiazole rings is 1. The van der Waals surface area contributed by atoms with Crippen LogP contribution < -0.4 is 4.74 Å². The molecule has 0 radical (unpaired) electrons. The Morgan fingerprint density at radius 3 is 2.90 bits per heavy atom. The summed E-state index contributed by atoms with van der Waals surface area (Å²) in [7, 11) is 3.62. The number of hydrogen-bond donors (Lipinski definition) is 1. The van der Waals surface area contributed by atoms with Crippen LogP contribution in [-0.4, -0.2) is 35.1 Å². The molecular formula is C14H16N2O3S. The monoisotopic (exact) mass is 292 g/mol. The van der Waals surface area contributed by atoms with Gasteiger partial charge in [-0.15, -0.1) is 11.3 Å². The van der Waals surface area contributed by atoms with E-state index in [-0.39, 0.29) is 5.01 Å². The summed E-state index contributed by atoms with van der Waals surface area (Å²) < 4.78 is 5.19. The standard InChI is InChI=1S/C14H16N2O3S/c1-16(7-10-4-3-5-12(6-10)19-2)8-11-9-20-13(15-11)14(17)18/h3-6,9H,7-8H2,1-2H3,(H,17,18). The van der Waals surface area contributed by atoms with Gasteiger partial charge < -0.3 is 9.84 Å². The molecule has 0 aliphatic carbocycles. The first-order valence-corrected chi connectivity index (χ1v) is 6.95. The van der Waals surface area contributed by atoms with Gasteiger partial charge in [-0.2, -0.15) is 0 Å². The summed E-state index contributed by atoms with van der Waals surface area (Å²) in [6.07, 6.45) is 0. The Bertz CT molecular complexity index is 598. The van der Waals surface area contributed by atoms with Crippen molar-refractivity contribution in [1.29, 1.82) is 0 Å². The molecule has 1 aromatic carbocycles. The van der Waals surface area contributed by atoms with Crippen LogP contribution in [0, 0.1) is 0 Å². The Morgan fingerprint density at radius 2 is 2.25 bits per heavy atom. The third kappa shape index (κ3) is 3.79.